The van der Waals surface area contributed by atoms with Gasteiger partial charge in [-0.05, 0) is 38.1 Å². The summed E-state index contributed by atoms with van der Waals surface area (Å²) < 4.78 is 26.9. The van der Waals surface area contributed by atoms with Gasteiger partial charge in [-0.15, -0.1) is 0 Å². The molecule has 1 heterocycles. The average molecular weight is 416 g/mol. The molecule has 0 saturated carbocycles. The number of sulfonamides is 1. The number of carbonyl (C=O) groups excluding carboxylic acids is 2. The van der Waals surface area contributed by atoms with Gasteiger partial charge in [0, 0.05) is 31.7 Å². The number of nitrogens with zero attached hydrogens (tertiary/aromatic N) is 2. The molecule has 8 heteroatoms. The zero-order valence-corrected chi connectivity index (χ0v) is 17.4. The van der Waals surface area contributed by atoms with Crippen LogP contribution in [0.15, 0.2) is 59.5 Å². The van der Waals surface area contributed by atoms with Crippen LogP contribution in [0.25, 0.3) is 0 Å². The van der Waals surface area contributed by atoms with Gasteiger partial charge in [-0.25, -0.2) is 8.42 Å². The van der Waals surface area contributed by atoms with Crippen LogP contribution in [0.2, 0.25) is 0 Å². The maximum atomic E-state index is 12.7. The molecule has 0 aromatic heterocycles. The van der Waals surface area contributed by atoms with Crippen LogP contribution < -0.4 is 5.32 Å². The van der Waals surface area contributed by atoms with Crippen molar-refractivity contribution >= 4 is 27.4 Å². The highest BCUT2D eigenvalue weighted by molar-refractivity contribution is 7.89. The Bertz CT molecular complexity index is 984. The van der Waals surface area contributed by atoms with Gasteiger partial charge in [0.05, 0.1) is 16.6 Å². The monoisotopic (exact) mass is 415 g/mol. The van der Waals surface area contributed by atoms with Crippen LogP contribution in [0.5, 0.6) is 0 Å². The minimum Gasteiger partial charge on any atom is -0.324 e. The molecule has 7 nitrogen and oxygen atoms in total. The molecule has 0 radical (unpaired) electrons. The van der Waals surface area contributed by atoms with Gasteiger partial charge in [0.25, 0.3) is 0 Å². The number of piperazine rings is 1. The first-order valence-electron chi connectivity index (χ1n) is 9.51. The van der Waals surface area contributed by atoms with E-state index < -0.39 is 16.1 Å². The Hall–Kier alpha value is -2.55. The summed E-state index contributed by atoms with van der Waals surface area (Å²) in [4.78, 5) is 26.7. The zero-order chi connectivity index (χ0) is 21.0. The topological polar surface area (TPSA) is 86.8 Å². The average Bonchev–Trinajstić information content (AvgIpc) is 2.74. The molecular weight excluding hydrogens is 390 g/mol. The maximum absolute atomic E-state index is 12.7. The number of benzene rings is 2. The Labute approximate surface area is 171 Å². The van der Waals surface area contributed by atoms with E-state index >= 15 is 0 Å². The predicted octanol–water partition coefficient (Wildman–Crippen LogP) is 2.22. The molecule has 2 aromatic carbocycles. The second-order valence-electron chi connectivity index (χ2n) is 7.02. The van der Waals surface area contributed by atoms with Crippen molar-refractivity contribution in [2.75, 3.05) is 31.5 Å². The third kappa shape index (κ3) is 4.72. The van der Waals surface area contributed by atoms with Crippen LogP contribution in [0.3, 0.4) is 0 Å². The first-order valence-corrected chi connectivity index (χ1v) is 10.9. The Morgan fingerprint density at radius 2 is 1.52 bits per heavy atom. The third-order valence-electron chi connectivity index (χ3n) is 5.15. The highest BCUT2D eigenvalue weighted by atomic mass is 32.2. The van der Waals surface area contributed by atoms with Crippen LogP contribution in [0, 0.1) is 0 Å². The lowest BCUT2D eigenvalue weighted by Crippen LogP contribution is -2.53. The first-order chi connectivity index (χ1) is 13.8. The second kappa shape index (κ2) is 8.86. The third-order valence-corrected chi connectivity index (χ3v) is 7.06. The molecule has 0 unspecified atom stereocenters. The van der Waals surface area contributed by atoms with E-state index in [1.54, 1.807) is 61.5 Å². The lowest BCUT2D eigenvalue weighted by atomic mass is 10.1. The van der Waals surface area contributed by atoms with Crippen molar-refractivity contribution in [2.45, 2.75) is 24.8 Å². The fraction of sp³-hybridized carbons (Fsp3) is 0.333. The summed E-state index contributed by atoms with van der Waals surface area (Å²) in [5, 5.41) is 2.82. The molecule has 3 rings (SSSR count). The number of anilines is 1. The van der Waals surface area contributed by atoms with E-state index in [1.807, 2.05) is 4.90 Å². The van der Waals surface area contributed by atoms with Gasteiger partial charge in [-0.3, -0.25) is 14.5 Å². The summed E-state index contributed by atoms with van der Waals surface area (Å²) in [6.45, 7) is 4.79. The van der Waals surface area contributed by atoms with Crippen molar-refractivity contribution in [3.8, 4) is 0 Å². The van der Waals surface area contributed by atoms with Gasteiger partial charge in [-0.1, -0.05) is 30.3 Å². The highest BCUT2D eigenvalue weighted by Crippen LogP contribution is 2.20. The summed E-state index contributed by atoms with van der Waals surface area (Å²) in [5.74, 6) is -0.341. The number of amides is 1. The molecule has 1 aliphatic rings. The van der Waals surface area contributed by atoms with E-state index in [2.05, 4.69) is 5.32 Å². The number of hydrogen-bond donors (Lipinski definition) is 1. The molecule has 1 fully saturated rings. The number of ketones is 1. The summed E-state index contributed by atoms with van der Waals surface area (Å²) >= 11 is 0. The van der Waals surface area contributed by atoms with Crippen molar-refractivity contribution in [3.05, 3.63) is 60.2 Å². The Balaban J connectivity index is 1.62. The van der Waals surface area contributed by atoms with E-state index in [9.17, 15) is 18.0 Å². The Morgan fingerprint density at radius 3 is 2.14 bits per heavy atom. The smallest absolute Gasteiger partial charge is 0.243 e. The fourth-order valence-corrected chi connectivity index (χ4v) is 4.82. The lowest BCUT2D eigenvalue weighted by Gasteiger charge is -2.36. The van der Waals surface area contributed by atoms with Gasteiger partial charge in [-0.2, -0.15) is 4.31 Å². The van der Waals surface area contributed by atoms with Crippen LogP contribution in [0.4, 0.5) is 5.69 Å². The molecule has 1 amide bonds. The molecular formula is C21H25N3O4S. The van der Waals surface area contributed by atoms with Crippen molar-refractivity contribution in [2.24, 2.45) is 0 Å². The Kier molecular flexibility index (Phi) is 6.46. The lowest BCUT2D eigenvalue weighted by molar-refractivity contribution is -0.121. The summed E-state index contributed by atoms with van der Waals surface area (Å²) in [7, 11) is -3.53. The van der Waals surface area contributed by atoms with E-state index in [0.29, 0.717) is 37.4 Å². The largest absolute Gasteiger partial charge is 0.324 e. The van der Waals surface area contributed by atoms with Gasteiger partial charge in [0.1, 0.15) is 0 Å². The summed E-state index contributed by atoms with van der Waals surface area (Å²) in [6, 6.07) is 14.8. The number of carbonyl (C=O) groups is 2. The molecule has 1 atom stereocenters. The molecule has 0 aliphatic carbocycles. The molecule has 1 saturated heterocycles. The fourth-order valence-electron chi connectivity index (χ4n) is 3.37. The number of nitrogens with one attached hydrogen (secondary N) is 1. The summed E-state index contributed by atoms with van der Waals surface area (Å²) in [6.07, 6.45) is 0. The number of Topliss-reactive ketones (excluding diaryl/α,β-unsaturated/α-hetero) is 1. The molecule has 1 aliphatic heterocycles. The van der Waals surface area contributed by atoms with Crippen LogP contribution in [-0.4, -0.2) is 61.5 Å². The number of rotatable bonds is 6. The maximum Gasteiger partial charge on any atom is 0.243 e. The molecule has 1 N–H and O–H groups in total. The SMILES string of the molecule is CC(=O)c1ccccc1NC(=O)[C@H](C)N1CCN(S(=O)(=O)c2ccccc2)CC1. The molecule has 154 valence electrons. The molecule has 0 bridgehead atoms. The minimum atomic E-state index is -3.53. The van der Waals surface area contributed by atoms with E-state index in [-0.39, 0.29) is 16.6 Å². The van der Waals surface area contributed by atoms with Crippen molar-refractivity contribution < 1.29 is 18.0 Å². The predicted molar refractivity (Wildman–Crippen MR) is 111 cm³/mol. The van der Waals surface area contributed by atoms with Crippen molar-refractivity contribution in [1.29, 1.82) is 0 Å². The van der Waals surface area contributed by atoms with E-state index in [1.165, 1.54) is 11.2 Å². The Morgan fingerprint density at radius 1 is 0.931 bits per heavy atom. The van der Waals surface area contributed by atoms with Crippen molar-refractivity contribution in [1.82, 2.24) is 9.21 Å². The number of para-hydroxylation sites is 1. The standard InChI is InChI=1S/C21H25N3O4S/c1-16(21(26)22-20-11-7-6-10-19(20)17(2)25)23-12-14-24(15-13-23)29(27,28)18-8-4-3-5-9-18/h3-11,16H,12-15H2,1-2H3,(H,22,26)/t16-/m0/s1. The van der Waals surface area contributed by atoms with E-state index in [0.717, 1.165) is 0 Å². The van der Waals surface area contributed by atoms with Gasteiger partial charge < -0.3 is 5.32 Å². The second-order valence-corrected chi connectivity index (χ2v) is 8.96. The van der Waals surface area contributed by atoms with E-state index in [4.69, 9.17) is 0 Å². The quantitative estimate of drug-likeness (QED) is 0.731. The highest BCUT2D eigenvalue weighted by Gasteiger charge is 2.31. The number of hydrogen-bond acceptors (Lipinski definition) is 5. The van der Waals surface area contributed by atoms with Crippen molar-refractivity contribution in [3.63, 3.8) is 0 Å². The molecule has 0 spiro atoms. The molecule has 2 aromatic rings. The van der Waals surface area contributed by atoms with Gasteiger partial charge >= 0.3 is 0 Å². The summed E-state index contributed by atoms with van der Waals surface area (Å²) in [5.41, 5.74) is 0.953. The van der Waals surface area contributed by atoms with Gasteiger partial charge in [0.2, 0.25) is 15.9 Å². The van der Waals surface area contributed by atoms with Crippen LogP contribution in [0.1, 0.15) is 24.2 Å². The van der Waals surface area contributed by atoms with Crippen LogP contribution >= 0.6 is 0 Å². The van der Waals surface area contributed by atoms with Gasteiger partial charge in [0.15, 0.2) is 5.78 Å². The zero-order valence-electron chi connectivity index (χ0n) is 16.5. The molecule has 29 heavy (non-hydrogen) atoms. The first kappa shape index (κ1) is 21.2. The normalized spacial score (nSPS) is 16.9. The van der Waals surface area contributed by atoms with Crippen LogP contribution in [-0.2, 0) is 14.8 Å². The minimum absolute atomic E-state index is 0.117.